The summed E-state index contributed by atoms with van der Waals surface area (Å²) in [6.07, 6.45) is 7.80. The summed E-state index contributed by atoms with van der Waals surface area (Å²) >= 11 is 0. The fourth-order valence-corrected chi connectivity index (χ4v) is 2.60. The second kappa shape index (κ2) is 6.89. The van der Waals surface area contributed by atoms with E-state index in [4.69, 9.17) is 5.11 Å². The van der Waals surface area contributed by atoms with Crippen LogP contribution in [0.4, 0.5) is 0 Å². The van der Waals surface area contributed by atoms with Crippen molar-refractivity contribution in [1.82, 2.24) is 5.32 Å². The van der Waals surface area contributed by atoms with E-state index in [2.05, 4.69) is 12.2 Å². The Morgan fingerprint density at radius 1 is 1.38 bits per heavy atom. The van der Waals surface area contributed by atoms with E-state index in [0.29, 0.717) is 12.6 Å². The fraction of sp³-hybridized carbons (Fsp3) is 0.923. The van der Waals surface area contributed by atoms with Gasteiger partial charge in [0.15, 0.2) is 0 Å². The molecule has 0 radical (unpaired) electrons. The van der Waals surface area contributed by atoms with Gasteiger partial charge in [0, 0.05) is 12.6 Å². The van der Waals surface area contributed by atoms with Crippen LogP contribution < -0.4 is 5.32 Å². The number of carbonyl (C=O) groups is 1. The predicted molar refractivity (Wildman–Crippen MR) is 65.5 cm³/mol. The Labute approximate surface area is 98.6 Å². The van der Waals surface area contributed by atoms with Crippen LogP contribution >= 0.6 is 0 Å². The van der Waals surface area contributed by atoms with E-state index >= 15 is 0 Å². The minimum atomic E-state index is -0.703. The molecule has 2 N–H and O–H groups in total. The van der Waals surface area contributed by atoms with Gasteiger partial charge in [0.25, 0.3) is 0 Å². The number of rotatable bonds is 6. The number of aliphatic carboxylic acids is 1. The van der Waals surface area contributed by atoms with Crippen molar-refractivity contribution in [3.05, 3.63) is 0 Å². The van der Waals surface area contributed by atoms with Gasteiger partial charge in [0.1, 0.15) is 0 Å². The average Bonchev–Trinajstić information content (AvgIpc) is 2.30. The molecule has 1 aliphatic rings. The van der Waals surface area contributed by atoms with Crippen LogP contribution in [0.5, 0.6) is 0 Å². The molecule has 3 heteroatoms. The van der Waals surface area contributed by atoms with Crippen molar-refractivity contribution in [2.75, 3.05) is 6.54 Å². The highest BCUT2D eigenvalue weighted by molar-refractivity contribution is 5.69. The van der Waals surface area contributed by atoms with Crippen LogP contribution in [-0.4, -0.2) is 23.7 Å². The van der Waals surface area contributed by atoms with Gasteiger partial charge in [-0.25, -0.2) is 0 Å². The van der Waals surface area contributed by atoms with E-state index < -0.39 is 5.97 Å². The van der Waals surface area contributed by atoms with E-state index in [9.17, 15) is 4.79 Å². The highest BCUT2D eigenvalue weighted by atomic mass is 16.4. The first-order valence-electron chi connectivity index (χ1n) is 6.61. The quantitative estimate of drug-likeness (QED) is 0.733. The molecule has 2 unspecified atom stereocenters. The molecule has 0 spiro atoms. The molecule has 1 saturated carbocycles. The Balaban J connectivity index is 2.33. The minimum absolute atomic E-state index is 0.280. The molecule has 0 bridgehead atoms. The summed E-state index contributed by atoms with van der Waals surface area (Å²) in [5.41, 5.74) is 0. The summed E-state index contributed by atoms with van der Waals surface area (Å²) < 4.78 is 0. The van der Waals surface area contributed by atoms with Gasteiger partial charge in [-0.15, -0.1) is 0 Å². The summed E-state index contributed by atoms with van der Waals surface area (Å²) in [6.45, 7) is 4.56. The molecule has 1 fully saturated rings. The van der Waals surface area contributed by atoms with Crippen molar-refractivity contribution < 1.29 is 9.90 Å². The van der Waals surface area contributed by atoms with Crippen LogP contribution in [0.25, 0.3) is 0 Å². The van der Waals surface area contributed by atoms with E-state index in [1.165, 1.54) is 32.1 Å². The molecule has 94 valence electrons. The van der Waals surface area contributed by atoms with E-state index in [-0.39, 0.29) is 5.92 Å². The largest absolute Gasteiger partial charge is 0.481 e. The fourth-order valence-electron chi connectivity index (χ4n) is 2.60. The van der Waals surface area contributed by atoms with Crippen molar-refractivity contribution in [2.24, 2.45) is 11.8 Å². The molecule has 0 aromatic rings. The van der Waals surface area contributed by atoms with Crippen molar-refractivity contribution in [3.8, 4) is 0 Å². The van der Waals surface area contributed by atoms with Crippen LogP contribution in [0.1, 0.15) is 52.4 Å². The van der Waals surface area contributed by atoms with Gasteiger partial charge < -0.3 is 10.4 Å². The van der Waals surface area contributed by atoms with Crippen LogP contribution in [0, 0.1) is 11.8 Å². The third-order valence-corrected chi connectivity index (χ3v) is 3.77. The van der Waals surface area contributed by atoms with Crippen LogP contribution in [0.3, 0.4) is 0 Å². The summed E-state index contributed by atoms with van der Waals surface area (Å²) in [5.74, 6) is -0.219. The van der Waals surface area contributed by atoms with Crippen molar-refractivity contribution in [3.63, 3.8) is 0 Å². The van der Waals surface area contributed by atoms with Crippen molar-refractivity contribution in [1.29, 1.82) is 0 Å². The maximum atomic E-state index is 10.7. The lowest BCUT2D eigenvalue weighted by atomic mass is 9.83. The lowest BCUT2D eigenvalue weighted by molar-refractivity contribution is -0.141. The van der Waals surface area contributed by atoms with Gasteiger partial charge in [-0.1, -0.05) is 33.1 Å². The first-order chi connectivity index (χ1) is 7.65. The summed E-state index contributed by atoms with van der Waals surface area (Å²) in [7, 11) is 0. The van der Waals surface area contributed by atoms with Crippen LogP contribution in [0.2, 0.25) is 0 Å². The normalized spacial score (nSPS) is 21.6. The number of nitrogens with one attached hydrogen (secondary N) is 1. The highest BCUT2D eigenvalue weighted by Gasteiger charge is 2.23. The molecule has 0 aromatic carbocycles. The molecule has 1 aliphatic carbocycles. The smallest absolute Gasteiger partial charge is 0.307 e. The number of hydrogen-bond acceptors (Lipinski definition) is 2. The molecule has 0 aliphatic heterocycles. The molecule has 3 nitrogen and oxygen atoms in total. The van der Waals surface area contributed by atoms with E-state index in [1.807, 2.05) is 0 Å². The van der Waals surface area contributed by atoms with Crippen molar-refractivity contribution >= 4 is 5.97 Å². The van der Waals surface area contributed by atoms with E-state index in [0.717, 1.165) is 12.3 Å². The molecule has 2 atom stereocenters. The third-order valence-electron chi connectivity index (χ3n) is 3.77. The van der Waals surface area contributed by atoms with Crippen LogP contribution in [0.15, 0.2) is 0 Å². The monoisotopic (exact) mass is 227 g/mol. The lowest BCUT2D eigenvalue weighted by Crippen LogP contribution is -2.40. The lowest BCUT2D eigenvalue weighted by Gasteiger charge is -2.30. The molecule has 0 aromatic heterocycles. The Morgan fingerprint density at radius 2 is 2.00 bits per heavy atom. The van der Waals surface area contributed by atoms with Gasteiger partial charge >= 0.3 is 5.97 Å². The SMILES string of the molecule is CCC(NCC(C)C(=O)O)C1CCCCC1. The molecule has 0 saturated heterocycles. The molecular weight excluding hydrogens is 202 g/mol. The Hall–Kier alpha value is -0.570. The summed E-state index contributed by atoms with van der Waals surface area (Å²) in [5, 5.41) is 12.3. The summed E-state index contributed by atoms with van der Waals surface area (Å²) in [6, 6.07) is 0.516. The molecule has 16 heavy (non-hydrogen) atoms. The van der Waals surface area contributed by atoms with Gasteiger partial charge in [0.2, 0.25) is 0 Å². The summed E-state index contributed by atoms with van der Waals surface area (Å²) in [4.78, 5) is 10.7. The zero-order chi connectivity index (χ0) is 12.0. The first kappa shape index (κ1) is 13.5. The highest BCUT2D eigenvalue weighted by Crippen LogP contribution is 2.27. The first-order valence-corrected chi connectivity index (χ1v) is 6.61. The Bertz CT molecular complexity index is 212. The predicted octanol–water partition coefficient (Wildman–Crippen LogP) is 2.66. The van der Waals surface area contributed by atoms with Crippen molar-refractivity contribution in [2.45, 2.75) is 58.4 Å². The second-order valence-electron chi connectivity index (χ2n) is 5.06. The Morgan fingerprint density at radius 3 is 2.50 bits per heavy atom. The van der Waals surface area contributed by atoms with Gasteiger partial charge in [0.05, 0.1) is 5.92 Å². The van der Waals surface area contributed by atoms with E-state index in [1.54, 1.807) is 6.92 Å². The molecule has 0 amide bonds. The van der Waals surface area contributed by atoms with Gasteiger partial charge in [-0.2, -0.15) is 0 Å². The third kappa shape index (κ3) is 4.12. The molecule has 1 rings (SSSR count). The standard InChI is InChI=1S/C13H25NO2/c1-3-12(11-7-5-4-6-8-11)14-9-10(2)13(15)16/h10-12,14H,3-9H2,1-2H3,(H,15,16). The number of carboxylic acid groups (broad SMARTS) is 1. The van der Waals surface area contributed by atoms with Crippen LogP contribution in [-0.2, 0) is 4.79 Å². The zero-order valence-corrected chi connectivity index (χ0v) is 10.5. The second-order valence-corrected chi connectivity index (χ2v) is 5.06. The average molecular weight is 227 g/mol. The maximum Gasteiger partial charge on any atom is 0.307 e. The van der Waals surface area contributed by atoms with Gasteiger partial charge in [-0.05, 0) is 25.2 Å². The maximum absolute atomic E-state index is 10.7. The Kier molecular flexibility index (Phi) is 5.81. The van der Waals surface area contributed by atoms with Gasteiger partial charge in [-0.3, -0.25) is 4.79 Å². The number of carboxylic acids is 1. The molecular formula is C13H25NO2. The topological polar surface area (TPSA) is 49.3 Å². The number of hydrogen-bond donors (Lipinski definition) is 2. The minimum Gasteiger partial charge on any atom is -0.481 e. The zero-order valence-electron chi connectivity index (χ0n) is 10.5. The molecule has 0 heterocycles.